The predicted octanol–water partition coefficient (Wildman–Crippen LogP) is 1.42. The molecule has 0 amide bonds. The molecule has 1 aromatic carbocycles. The first-order valence-corrected chi connectivity index (χ1v) is 6.24. The maximum absolute atomic E-state index is 13.0. The van der Waals surface area contributed by atoms with Crippen LogP contribution in [0.1, 0.15) is 0 Å². The van der Waals surface area contributed by atoms with Gasteiger partial charge >= 0.3 is 0 Å². The minimum Gasteiger partial charge on any atom is -0.395 e. The van der Waals surface area contributed by atoms with E-state index in [1.807, 2.05) is 0 Å². The fourth-order valence-corrected chi connectivity index (χ4v) is 2.23. The molecule has 6 heteroatoms. The number of nitrogen functional groups attached to an aromatic ring is 1. The largest absolute Gasteiger partial charge is 0.395 e. The highest BCUT2D eigenvalue weighted by Crippen LogP contribution is 2.22. The summed E-state index contributed by atoms with van der Waals surface area (Å²) in [5.74, 6) is -0.702. The standard InChI is InChI=1S/C7H7FINO2S/c1-13(11,12)4-2-5(8)7(10)6(9)3-4/h2-3H,10H2,1H3. The molecule has 72 valence electrons. The van der Waals surface area contributed by atoms with Gasteiger partial charge in [0.25, 0.3) is 0 Å². The third kappa shape index (κ3) is 2.31. The number of hydrogen-bond donors (Lipinski definition) is 1. The Morgan fingerprint density at radius 2 is 2.00 bits per heavy atom. The van der Waals surface area contributed by atoms with Gasteiger partial charge in [0.1, 0.15) is 5.82 Å². The molecule has 0 saturated heterocycles. The van der Waals surface area contributed by atoms with E-state index >= 15 is 0 Å². The van der Waals surface area contributed by atoms with Crippen LogP contribution in [0.2, 0.25) is 0 Å². The molecule has 0 aliphatic heterocycles. The smallest absolute Gasteiger partial charge is 0.175 e. The molecule has 13 heavy (non-hydrogen) atoms. The molecule has 0 saturated carbocycles. The molecule has 0 unspecified atom stereocenters. The average Bonchev–Trinajstić information content (AvgIpc) is 1.97. The van der Waals surface area contributed by atoms with E-state index in [9.17, 15) is 12.8 Å². The summed E-state index contributed by atoms with van der Waals surface area (Å²) in [7, 11) is -3.36. The predicted molar refractivity (Wildman–Crippen MR) is 56.6 cm³/mol. The fourth-order valence-electron chi connectivity index (χ4n) is 0.775. The van der Waals surface area contributed by atoms with Crippen molar-refractivity contribution in [1.82, 2.24) is 0 Å². The van der Waals surface area contributed by atoms with Gasteiger partial charge < -0.3 is 5.73 Å². The zero-order valence-corrected chi connectivity index (χ0v) is 9.69. The van der Waals surface area contributed by atoms with Crippen LogP contribution in [0.5, 0.6) is 0 Å². The Labute approximate surface area is 89.2 Å². The van der Waals surface area contributed by atoms with Gasteiger partial charge in [-0.25, -0.2) is 12.8 Å². The van der Waals surface area contributed by atoms with Crippen molar-refractivity contribution in [3.8, 4) is 0 Å². The van der Waals surface area contributed by atoms with Crippen LogP contribution in [0.3, 0.4) is 0 Å². The Morgan fingerprint density at radius 1 is 1.46 bits per heavy atom. The molecule has 0 bridgehead atoms. The van der Waals surface area contributed by atoms with Gasteiger partial charge in [-0.2, -0.15) is 0 Å². The van der Waals surface area contributed by atoms with Crippen LogP contribution in [0.25, 0.3) is 0 Å². The van der Waals surface area contributed by atoms with Gasteiger partial charge in [-0.3, -0.25) is 0 Å². The second-order valence-corrected chi connectivity index (χ2v) is 5.75. The molecule has 0 radical (unpaired) electrons. The summed E-state index contributed by atoms with van der Waals surface area (Å²) in [6.07, 6.45) is 1.02. The second kappa shape index (κ2) is 3.41. The number of halogens is 2. The minimum absolute atomic E-state index is 0.0204. The third-order valence-corrected chi connectivity index (χ3v) is 3.47. The fraction of sp³-hybridized carbons (Fsp3) is 0.143. The van der Waals surface area contributed by atoms with Crippen LogP contribution in [0.15, 0.2) is 17.0 Å². The third-order valence-electron chi connectivity index (χ3n) is 1.48. The van der Waals surface area contributed by atoms with E-state index in [1.165, 1.54) is 6.07 Å². The summed E-state index contributed by atoms with van der Waals surface area (Å²) in [5.41, 5.74) is 5.30. The van der Waals surface area contributed by atoms with E-state index in [0.29, 0.717) is 3.57 Å². The molecule has 0 fully saturated rings. The van der Waals surface area contributed by atoms with Crippen molar-refractivity contribution in [2.75, 3.05) is 12.0 Å². The topological polar surface area (TPSA) is 60.2 Å². The number of rotatable bonds is 1. The van der Waals surface area contributed by atoms with Gasteiger partial charge in [-0.15, -0.1) is 0 Å². The van der Waals surface area contributed by atoms with Crippen molar-refractivity contribution in [3.05, 3.63) is 21.5 Å². The molecule has 0 aliphatic carbocycles. The van der Waals surface area contributed by atoms with Crippen LogP contribution < -0.4 is 5.73 Å². The van der Waals surface area contributed by atoms with Crippen LogP contribution >= 0.6 is 22.6 Å². The highest BCUT2D eigenvalue weighted by molar-refractivity contribution is 14.1. The van der Waals surface area contributed by atoms with Gasteiger partial charge in [0, 0.05) is 9.83 Å². The van der Waals surface area contributed by atoms with Gasteiger partial charge in [-0.1, -0.05) is 0 Å². The van der Waals surface area contributed by atoms with Crippen molar-refractivity contribution >= 4 is 38.1 Å². The number of anilines is 1. The molecule has 2 N–H and O–H groups in total. The molecule has 1 rings (SSSR count). The summed E-state index contributed by atoms with van der Waals surface area (Å²) in [5, 5.41) is 0. The lowest BCUT2D eigenvalue weighted by atomic mass is 10.3. The molecule has 1 aromatic rings. The van der Waals surface area contributed by atoms with E-state index in [-0.39, 0.29) is 10.6 Å². The van der Waals surface area contributed by atoms with E-state index in [4.69, 9.17) is 5.73 Å². The molecule has 0 spiro atoms. The first-order chi connectivity index (χ1) is 5.82. The molecule has 0 aromatic heterocycles. The van der Waals surface area contributed by atoms with Gasteiger partial charge in [0.15, 0.2) is 9.84 Å². The molecule has 3 nitrogen and oxygen atoms in total. The van der Waals surface area contributed by atoms with Gasteiger partial charge in [-0.05, 0) is 34.7 Å². The number of hydrogen-bond acceptors (Lipinski definition) is 3. The zero-order valence-electron chi connectivity index (χ0n) is 6.71. The first-order valence-electron chi connectivity index (χ1n) is 3.27. The molecular weight excluding hydrogens is 308 g/mol. The van der Waals surface area contributed by atoms with E-state index in [1.54, 1.807) is 22.6 Å². The first kappa shape index (κ1) is 10.7. The summed E-state index contributed by atoms with van der Waals surface area (Å²) in [4.78, 5) is -0.0522. The summed E-state index contributed by atoms with van der Waals surface area (Å²) in [6.45, 7) is 0. The molecule has 0 atom stereocenters. The van der Waals surface area contributed by atoms with E-state index < -0.39 is 15.7 Å². The lowest BCUT2D eigenvalue weighted by molar-refractivity contribution is 0.596. The van der Waals surface area contributed by atoms with Crippen LogP contribution in [0.4, 0.5) is 10.1 Å². The molecule has 0 aliphatic rings. The Kier molecular flexibility index (Phi) is 2.81. The van der Waals surface area contributed by atoms with Gasteiger partial charge in [0.05, 0.1) is 10.6 Å². The number of benzene rings is 1. The molecule has 0 heterocycles. The van der Waals surface area contributed by atoms with E-state index in [0.717, 1.165) is 12.3 Å². The van der Waals surface area contributed by atoms with Crippen LogP contribution in [-0.2, 0) is 9.84 Å². The summed E-state index contributed by atoms with van der Waals surface area (Å²) >= 11 is 1.79. The van der Waals surface area contributed by atoms with Crippen LogP contribution in [-0.4, -0.2) is 14.7 Å². The van der Waals surface area contributed by atoms with Crippen molar-refractivity contribution in [2.24, 2.45) is 0 Å². The second-order valence-electron chi connectivity index (χ2n) is 2.57. The van der Waals surface area contributed by atoms with E-state index in [2.05, 4.69) is 0 Å². The Hall–Kier alpha value is -0.370. The highest BCUT2D eigenvalue weighted by atomic mass is 127. The Morgan fingerprint density at radius 3 is 2.38 bits per heavy atom. The maximum atomic E-state index is 13.0. The Balaban J connectivity index is 3.47. The summed E-state index contributed by atoms with van der Waals surface area (Å²) in [6, 6.07) is 2.27. The van der Waals surface area contributed by atoms with Crippen molar-refractivity contribution in [1.29, 1.82) is 0 Å². The maximum Gasteiger partial charge on any atom is 0.175 e. The normalized spacial score (nSPS) is 11.6. The number of sulfone groups is 1. The lowest BCUT2D eigenvalue weighted by Crippen LogP contribution is -2.02. The Bertz CT molecular complexity index is 421. The lowest BCUT2D eigenvalue weighted by Gasteiger charge is -2.03. The highest BCUT2D eigenvalue weighted by Gasteiger charge is 2.12. The van der Waals surface area contributed by atoms with Crippen LogP contribution in [0, 0.1) is 9.39 Å². The van der Waals surface area contributed by atoms with Crippen molar-refractivity contribution in [2.45, 2.75) is 4.90 Å². The SMILES string of the molecule is CS(=O)(=O)c1cc(F)c(N)c(I)c1. The summed E-state index contributed by atoms with van der Waals surface area (Å²) < 4.78 is 35.5. The van der Waals surface area contributed by atoms with Gasteiger partial charge in [0.2, 0.25) is 0 Å². The van der Waals surface area contributed by atoms with Crippen molar-refractivity contribution in [3.63, 3.8) is 0 Å². The quantitative estimate of drug-likeness (QED) is 0.630. The van der Waals surface area contributed by atoms with Crippen molar-refractivity contribution < 1.29 is 12.8 Å². The monoisotopic (exact) mass is 315 g/mol. The number of nitrogens with two attached hydrogens (primary N) is 1. The minimum atomic E-state index is -3.36. The zero-order chi connectivity index (χ0) is 10.2. The molecular formula is C7H7FINO2S. The average molecular weight is 315 g/mol.